The Bertz CT molecular complexity index is 1130. The van der Waals surface area contributed by atoms with Crippen LogP contribution in [0, 0.1) is 6.92 Å². The summed E-state index contributed by atoms with van der Waals surface area (Å²) in [5.74, 6) is 2.65. The fraction of sp³-hybridized carbons (Fsp3) is 0.278. The summed E-state index contributed by atoms with van der Waals surface area (Å²) >= 11 is -1.16. The van der Waals surface area contributed by atoms with E-state index in [1.54, 1.807) is 41.8 Å². The van der Waals surface area contributed by atoms with E-state index in [1.165, 1.54) is 0 Å². The summed E-state index contributed by atoms with van der Waals surface area (Å²) in [5.41, 5.74) is 1.88. The molecule has 4 aromatic heterocycles. The second-order valence-corrected chi connectivity index (χ2v) is 7.95. The number of rotatable bonds is 5. The highest BCUT2D eigenvalue weighted by Gasteiger charge is 2.13. The molecule has 0 saturated heterocycles. The molecule has 1 N–H and O–H groups in total. The van der Waals surface area contributed by atoms with Gasteiger partial charge in [0.1, 0.15) is 35.6 Å². The Morgan fingerprint density at radius 3 is 2.68 bits per heavy atom. The number of aryl methyl sites for hydroxylation is 1. The average molecular weight is 396 g/mol. The van der Waals surface area contributed by atoms with Crippen molar-refractivity contribution in [1.29, 1.82) is 0 Å². The van der Waals surface area contributed by atoms with Crippen LogP contribution in [0.1, 0.15) is 25.7 Å². The minimum absolute atomic E-state index is 0.297. The lowest BCUT2D eigenvalue weighted by Gasteiger charge is -2.11. The Kier molecular flexibility index (Phi) is 4.73. The van der Waals surface area contributed by atoms with Gasteiger partial charge >= 0.3 is 0 Å². The van der Waals surface area contributed by atoms with Crippen LogP contribution < -0.4 is 5.32 Å². The van der Waals surface area contributed by atoms with E-state index in [1.807, 2.05) is 13.0 Å². The zero-order valence-electron chi connectivity index (χ0n) is 16.0. The Morgan fingerprint density at radius 2 is 1.96 bits per heavy atom. The third-order valence-corrected chi connectivity index (χ3v) is 5.05. The second kappa shape index (κ2) is 7.21. The van der Waals surface area contributed by atoms with Gasteiger partial charge in [0.15, 0.2) is 0 Å². The molecule has 28 heavy (non-hydrogen) atoms. The van der Waals surface area contributed by atoms with Crippen LogP contribution in [0.2, 0.25) is 0 Å². The molecule has 0 fully saturated rings. The molecule has 0 spiro atoms. The summed E-state index contributed by atoms with van der Waals surface area (Å²) in [4.78, 5) is 21.9. The predicted octanol–water partition coefficient (Wildman–Crippen LogP) is 2.78. The first kappa shape index (κ1) is 18.4. The van der Waals surface area contributed by atoms with Crippen LogP contribution in [0.15, 0.2) is 42.1 Å². The molecule has 1 unspecified atom stereocenters. The SMILES string of the molecule is Cc1nc2cnc(Nc3ccnc(-n4cnc([S+](C)[O-])c4)n3)cc2n1C(C)C. The van der Waals surface area contributed by atoms with Gasteiger partial charge in [-0.05, 0) is 26.8 Å². The summed E-state index contributed by atoms with van der Waals surface area (Å²) in [6.07, 6.45) is 8.18. The second-order valence-electron chi connectivity index (χ2n) is 6.62. The number of nitrogens with one attached hydrogen (secondary N) is 1. The summed E-state index contributed by atoms with van der Waals surface area (Å²) in [7, 11) is 0. The number of fused-ring (bicyclic) bond motifs is 1. The van der Waals surface area contributed by atoms with E-state index >= 15 is 0 Å². The molecule has 0 aromatic carbocycles. The van der Waals surface area contributed by atoms with E-state index in [2.05, 4.69) is 48.7 Å². The molecule has 0 aliphatic rings. The molecule has 0 aliphatic carbocycles. The molecule has 0 radical (unpaired) electrons. The first-order chi connectivity index (χ1) is 13.4. The third-order valence-electron chi connectivity index (χ3n) is 4.25. The van der Waals surface area contributed by atoms with E-state index in [0.717, 1.165) is 16.9 Å². The Hall–Kier alpha value is -2.98. The fourth-order valence-electron chi connectivity index (χ4n) is 3.08. The maximum absolute atomic E-state index is 11.5. The lowest BCUT2D eigenvalue weighted by atomic mass is 10.3. The highest BCUT2D eigenvalue weighted by molar-refractivity contribution is 7.90. The zero-order chi connectivity index (χ0) is 19.8. The van der Waals surface area contributed by atoms with E-state index < -0.39 is 11.2 Å². The van der Waals surface area contributed by atoms with E-state index in [0.29, 0.717) is 28.7 Å². The summed E-state index contributed by atoms with van der Waals surface area (Å²) in [6.45, 7) is 6.24. The van der Waals surface area contributed by atoms with Crippen molar-refractivity contribution in [3.8, 4) is 5.95 Å². The maximum atomic E-state index is 11.5. The van der Waals surface area contributed by atoms with Crippen LogP contribution in [0.5, 0.6) is 0 Å². The number of hydrogen-bond donors (Lipinski definition) is 1. The Labute approximate surface area is 165 Å². The van der Waals surface area contributed by atoms with Crippen LogP contribution in [-0.2, 0) is 11.2 Å². The van der Waals surface area contributed by atoms with Gasteiger partial charge in [0.2, 0.25) is 5.95 Å². The minimum atomic E-state index is -1.16. The maximum Gasteiger partial charge on any atom is 0.262 e. The van der Waals surface area contributed by atoms with Gasteiger partial charge in [0.05, 0.1) is 17.9 Å². The van der Waals surface area contributed by atoms with Gasteiger partial charge in [0.25, 0.3) is 5.03 Å². The topological polar surface area (TPSA) is 109 Å². The lowest BCUT2D eigenvalue weighted by Crippen LogP contribution is -2.04. The quantitative estimate of drug-likeness (QED) is 0.517. The lowest BCUT2D eigenvalue weighted by molar-refractivity contribution is 0.597. The molecule has 10 heteroatoms. The van der Waals surface area contributed by atoms with Crippen LogP contribution in [0.4, 0.5) is 11.6 Å². The van der Waals surface area contributed by atoms with Crippen molar-refractivity contribution in [1.82, 2.24) is 34.1 Å². The van der Waals surface area contributed by atoms with Gasteiger partial charge in [-0.2, -0.15) is 9.97 Å². The van der Waals surface area contributed by atoms with E-state index in [9.17, 15) is 4.55 Å². The van der Waals surface area contributed by atoms with Gasteiger partial charge in [-0.3, -0.25) is 4.57 Å². The van der Waals surface area contributed by atoms with Crippen molar-refractivity contribution in [3.05, 3.63) is 42.9 Å². The molecule has 0 aliphatic heterocycles. The smallest absolute Gasteiger partial charge is 0.262 e. The first-order valence-corrected chi connectivity index (χ1v) is 10.3. The van der Waals surface area contributed by atoms with Crippen molar-refractivity contribution >= 4 is 33.8 Å². The van der Waals surface area contributed by atoms with Gasteiger partial charge in [-0.25, -0.2) is 15.0 Å². The van der Waals surface area contributed by atoms with Crippen molar-refractivity contribution in [2.24, 2.45) is 0 Å². The molecular formula is C18H20N8OS. The van der Waals surface area contributed by atoms with Gasteiger partial charge in [-0.15, -0.1) is 0 Å². The molecule has 0 amide bonds. The highest BCUT2D eigenvalue weighted by Crippen LogP contribution is 2.23. The number of aromatic nitrogens is 7. The number of imidazole rings is 2. The molecule has 4 rings (SSSR count). The minimum Gasteiger partial charge on any atom is -0.610 e. The average Bonchev–Trinajstić information content (AvgIpc) is 3.26. The fourth-order valence-corrected chi connectivity index (χ4v) is 3.53. The van der Waals surface area contributed by atoms with Crippen molar-refractivity contribution in [2.45, 2.75) is 31.8 Å². The number of anilines is 2. The molecule has 0 saturated carbocycles. The monoisotopic (exact) mass is 396 g/mol. The van der Waals surface area contributed by atoms with Gasteiger partial charge < -0.3 is 14.4 Å². The molecule has 1 atom stereocenters. The molecular weight excluding hydrogens is 376 g/mol. The Balaban J connectivity index is 1.65. The normalized spacial score (nSPS) is 12.6. The molecule has 4 heterocycles. The predicted molar refractivity (Wildman–Crippen MR) is 107 cm³/mol. The largest absolute Gasteiger partial charge is 0.610 e. The van der Waals surface area contributed by atoms with E-state index in [-0.39, 0.29) is 0 Å². The first-order valence-electron chi connectivity index (χ1n) is 8.75. The van der Waals surface area contributed by atoms with Crippen molar-refractivity contribution in [3.63, 3.8) is 0 Å². The number of hydrogen-bond acceptors (Lipinski definition) is 7. The molecule has 4 aromatic rings. The third kappa shape index (κ3) is 3.43. The summed E-state index contributed by atoms with van der Waals surface area (Å²) < 4.78 is 15.4. The van der Waals surface area contributed by atoms with Crippen LogP contribution in [0.25, 0.3) is 17.0 Å². The van der Waals surface area contributed by atoms with Crippen LogP contribution >= 0.6 is 0 Å². The highest BCUT2D eigenvalue weighted by atomic mass is 32.2. The zero-order valence-corrected chi connectivity index (χ0v) is 16.8. The Morgan fingerprint density at radius 1 is 1.14 bits per heavy atom. The van der Waals surface area contributed by atoms with E-state index in [4.69, 9.17) is 0 Å². The standard InChI is InChI=1S/C18H20N8OS/c1-11(2)26-12(3)22-13-8-20-16(7-14(13)26)23-15-5-6-19-18(24-15)25-9-17(21-10-25)28(4)27/h5-11H,1-4H3,(H,19,20,23,24). The summed E-state index contributed by atoms with van der Waals surface area (Å²) in [5, 5.41) is 3.69. The molecule has 144 valence electrons. The molecule has 9 nitrogen and oxygen atoms in total. The molecule has 0 bridgehead atoms. The van der Waals surface area contributed by atoms with Gasteiger partial charge in [-0.1, -0.05) is 0 Å². The number of nitrogens with zero attached hydrogens (tertiary/aromatic N) is 7. The van der Waals surface area contributed by atoms with Gasteiger partial charge in [0, 0.05) is 29.5 Å². The van der Waals surface area contributed by atoms with Crippen molar-refractivity contribution < 1.29 is 4.55 Å². The van der Waals surface area contributed by atoms with Crippen LogP contribution in [-0.4, -0.2) is 44.9 Å². The van der Waals surface area contributed by atoms with Crippen LogP contribution in [0.3, 0.4) is 0 Å². The van der Waals surface area contributed by atoms with Crippen molar-refractivity contribution in [2.75, 3.05) is 11.6 Å². The number of pyridine rings is 1. The summed E-state index contributed by atoms with van der Waals surface area (Å²) in [6, 6.07) is 4.02.